The first-order valence-electron chi connectivity index (χ1n) is 1.99. The van der Waals surface area contributed by atoms with Gasteiger partial charge in [-0.05, 0) is 0 Å². The molecule has 0 radical (unpaired) electrons. The van der Waals surface area contributed by atoms with Crippen LogP contribution in [0.4, 0.5) is 5.13 Å². The van der Waals surface area contributed by atoms with E-state index in [4.69, 9.17) is 5.73 Å². The van der Waals surface area contributed by atoms with Crippen LogP contribution in [0, 0.1) is 0 Å². The van der Waals surface area contributed by atoms with Crippen LogP contribution in [0.3, 0.4) is 0 Å². The highest BCUT2D eigenvalue weighted by atomic mass is 79.9. The number of nitrogen functional groups attached to an aromatic ring is 1. The molecule has 0 bridgehead atoms. The van der Waals surface area contributed by atoms with E-state index < -0.39 is 0 Å². The Morgan fingerprint density at radius 1 is 1.78 bits per heavy atom. The second-order valence-electron chi connectivity index (χ2n) is 1.23. The zero-order valence-corrected chi connectivity index (χ0v) is 6.93. The number of aldehydes is 1. The van der Waals surface area contributed by atoms with Crippen molar-refractivity contribution in [3.05, 3.63) is 11.1 Å². The number of rotatable bonds is 1. The lowest BCUT2D eigenvalue weighted by molar-refractivity contribution is 0.112. The van der Waals surface area contributed by atoms with E-state index in [9.17, 15) is 4.79 Å². The van der Waals surface area contributed by atoms with Crippen molar-refractivity contribution in [1.29, 1.82) is 0 Å². The predicted molar refractivity (Wildman–Crippen MR) is 42.2 cm³/mol. The van der Waals surface area contributed by atoms with Crippen molar-refractivity contribution in [2.45, 2.75) is 0 Å². The van der Waals surface area contributed by atoms with Gasteiger partial charge in [0.05, 0.1) is 0 Å². The van der Waals surface area contributed by atoms with Crippen LogP contribution in [0.2, 0.25) is 0 Å². The number of aromatic nitrogens is 1. The SMILES string of the molecule is Br.Nc1nc(C=O)cs1. The Kier molecular flexibility index (Phi) is 3.41. The predicted octanol–water partition coefficient (Wildman–Crippen LogP) is 1.12. The molecule has 0 aliphatic carbocycles. The lowest BCUT2D eigenvalue weighted by Crippen LogP contribution is -1.83. The highest BCUT2D eigenvalue weighted by Crippen LogP contribution is 2.07. The van der Waals surface area contributed by atoms with Gasteiger partial charge < -0.3 is 5.73 Å². The quantitative estimate of drug-likeness (QED) is 0.705. The van der Waals surface area contributed by atoms with E-state index in [-0.39, 0.29) is 17.0 Å². The molecule has 0 amide bonds. The molecule has 1 aromatic heterocycles. The molecule has 0 aliphatic heterocycles. The van der Waals surface area contributed by atoms with Gasteiger partial charge in [-0.25, -0.2) is 4.98 Å². The van der Waals surface area contributed by atoms with E-state index in [0.29, 0.717) is 17.1 Å². The summed E-state index contributed by atoms with van der Waals surface area (Å²) in [6.45, 7) is 0. The number of hydrogen-bond donors (Lipinski definition) is 1. The van der Waals surface area contributed by atoms with Crippen LogP contribution in [0.25, 0.3) is 0 Å². The van der Waals surface area contributed by atoms with Gasteiger partial charge in [0.15, 0.2) is 11.4 Å². The minimum atomic E-state index is 0. The third-order valence-electron chi connectivity index (χ3n) is 0.660. The lowest BCUT2D eigenvalue weighted by atomic mass is 10.6. The number of carbonyl (C=O) groups excluding carboxylic acids is 1. The maximum absolute atomic E-state index is 9.91. The van der Waals surface area contributed by atoms with Crippen LogP contribution in [0.5, 0.6) is 0 Å². The summed E-state index contributed by atoms with van der Waals surface area (Å²) in [6, 6.07) is 0. The number of hydrogen-bond acceptors (Lipinski definition) is 4. The normalized spacial score (nSPS) is 8.00. The summed E-state index contributed by atoms with van der Waals surface area (Å²) in [5.41, 5.74) is 5.61. The molecule has 50 valence electrons. The van der Waals surface area contributed by atoms with Crippen LogP contribution in [0.15, 0.2) is 5.38 Å². The molecular weight excluding hydrogens is 204 g/mol. The molecule has 1 aromatic rings. The van der Waals surface area contributed by atoms with Crippen LogP contribution < -0.4 is 5.73 Å². The van der Waals surface area contributed by atoms with Gasteiger partial charge in [-0.2, -0.15) is 0 Å². The van der Waals surface area contributed by atoms with Crippen molar-refractivity contribution >= 4 is 39.7 Å². The van der Waals surface area contributed by atoms with Crippen LogP contribution in [-0.2, 0) is 0 Å². The van der Waals surface area contributed by atoms with E-state index in [0.717, 1.165) is 0 Å². The molecule has 0 saturated carbocycles. The molecule has 0 spiro atoms. The van der Waals surface area contributed by atoms with Gasteiger partial charge in [-0.3, -0.25) is 4.79 Å². The molecule has 0 aliphatic rings. The molecule has 0 fully saturated rings. The van der Waals surface area contributed by atoms with Crippen molar-refractivity contribution in [1.82, 2.24) is 4.98 Å². The largest absolute Gasteiger partial charge is 0.375 e. The molecule has 5 heteroatoms. The summed E-state index contributed by atoms with van der Waals surface area (Å²) in [6.07, 6.45) is 0.673. The highest BCUT2D eigenvalue weighted by Gasteiger charge is 1.92. The van der Waals surface area contributed by atoms with Gasteiger partial charge in [-0.15, -0.1) is 28.3 Å². The number of anilines is 1. The molecule has 3 nitrogen and oxygen atoms in total. The summed E-state index contributed by atoms with van der Waals surface area (Å²) in [7, 11) is 0. The topological polar surface area (TPSA) is 56.0 Å². The Morgan fingerprint density at radius 2 is 2.44 bits per heavy atom. The summed E-state index contributed by atoms with van der Waals surface area (Å²) in [5.74, 6) is 0. The number of carbonyl (C=O) groups is 1. The van der Waals surface area contributed by atoms with Crippen molar-refractivity contribution in [3.63, 3.8) is 0 Å². The van der Waals surface area contributed by atoms with Crippen molar-refractivity contribution < 1.29 is 4.79 Å². The fourth-order valence-corrected chi connectivity index (χ4v) is 0.863. The molecule has 1 heterocycles. The number of nitrogens with two attached hydrogens (primary N) is 1. The van der Waals surface area contributed by atoms with Gasteiger partial charge in [0.2, 0.25) is 0 Å². The van der Waals surface area contributed by atoms with E-state index in [1.165, 1.54) is 11.3 Å². The van der Waals surface area contributed by atoms with Gasteiger partial charge >= 0.3 is 0 Å². The van der Waals surface area contributed by atoms with Crippen molar-refractivity contribution in [2.24, 2.45) is 0 Å². The fraction of sp³-hybridized carbons (Fsp3) is 0. The monoisotopic (exact) mass is 208 g/mol. The molecule has 0 atom stereocenters. The van der Waals surface area contributed by atoms with E-state index in [2.05, 4.69) is 4.98 Å². The zero-order chi connectivity index (χ0) is 5.98. The maximum atomic E-state index is 9.91. The lowest BCUT2D eigenvalue weighted by Gasteiger charge is -1.71. The van der Waals surface area contributed by atoms with Gasteiger partial charge in [0.25, 0.3) is 0 Å². The number of thiazole rings is 1. The van der Waals surface area contributed by atoms with E-state index in [1.54, 1.807) is 5.38 Å². The number of nitrogens with zero attached hydrogens (tertiary/aromatic N) is 1. The Bertz CT molecular complexity index is 200. The Hall–Kier alpha value is -0.420. The third kappa shape index (κ3) is 2.11. The Labute approximate surface area is 66.7 Å². The average Bonchev–Trinajstić information content (AvgIpc) is 2.14. The highest BCUT2D eigenvalue weighted by molar-refractivity contribution is 8.93. The van der Waals surface area contributed by atoms with Gasteiger partial charge in [-0.1, -0.05) is 0 Å². The first-order chi connectivity index (χ1) is 3.83. The zero-order valence-electron chi connectivity index (χ0n) is 4.40. The molecule has 0 unspecified atom stereocenters. The Balaban J connectivity index is 0.000000640. The van der Waals surface area contributed by atoms with Crippen LogP contribution in [-0.4, -0.2) is 11.3 Å². The second kappa shape index (κ2) is 3.58. The van der Waals surface area contributed by atoms with Crippen molar-refractivity contribution in [3.8, 4) is 0 Å². The smallest absolute Gasteiger partial charge is 0.180 e. The molecule has 0 aromatic carbocycles. The van der Waals surface area contributed by atoms with Gasteiger partial charge in [0, 0.05) is 5.38 Å². The third-order valence-corrected chi connectivity index (χ3v) is 1.35. The molecule has 1 rings (SSSR count). The van der Waals surface area contributed by atoms with E-state index in [1.807, 2.05) is 0 Å². The summed E-state index contributed by atoms with van der Waals surface area (Å²) < 4.78 is 0. The molecule has 2 N–H and O–H groups in total. The number of halogens is 1. The minimum Gasteiger partial charge on any atom is -0.375 e. The Morgan fingerprint density at radius 3 is 2.67 bits per heavy atom. The molecular formula is C4H5BrN2OS. The second-order valence-corrected chi connectivity index (χ2v) is 2.12. The summed E-state index contributed by atoms with van der Waals surface area (Å²) in [5, 5.41) is 2.05. The fourth-order valence-electron chi connectivity index (χ4n) is 0.355. The standard InChI is InChI=1S/C4H4N2OS.BrH/c5-4-6-3(1-7)2-8-4;/h1-2H,(H2,5,6);1H. The average molecular weight is 209 g/mol. The van der Waals surface area contributed by atoms with Crippen molar-refractivity contribution in [2.75, 3.05) is 5.73 Å². The summed E-state index contributed by atoms with van der Waals surface area (Å²) >= 11 is 1.26. The van der Waals surface area contributed by atoms with Crippen LogP contribution in [0.1, 0.15) is 10.5 Å². The molecule has 0 saturated heterocycles. The van der Waals surface area contributed by atoms with Crippen LogP contribution >= 0.6 is 28.3 Å². The summed E-state index contributed by atoms with van der Waals surface area (Å²) in [4.78, 5) is 13.6. The van der Waals surface area contributed by atoms with E-state index >= 15 is 0 Å². The first kappa shape index (κ1) is 8.58. The van der Waals surface area contributed by atoms with Gasteiger partial charge in [0.1, 0.15) is 5.69 Å². The first-order valence-corrected chi connectivity index (χ1v) is 2.87. The molecule has 9 heavy (non-hydrogen) atoms. The maximum Gasteiger partial charge on any atom is 0.180 e. The minimum absolute atomic E-state index is 0.